The molecule has 0 saturated carbocycles. The molecular weight excluding hydrogens is 696 g/mol. The molecule has 3 rings (SSSR count). The van der Waals surface area contributed by atoms with Gasteiger partial charge in [0.15, 0.2) is 0 Å². The summed E-state index contributed by atoms with van der Waals surface area (Å²) in [5, 5.41) is 8.46. The number of benzene rings is 3. The minimum atomic E-state index is -0.418. The van der Waals surface area contributed by atoms with Crippen LogP contribution in [0.15, 0.2) is 72.8 Å². The number of hydrogen-bond acceptors (Lipinski definition) is 12. The molecule has 0 aliphatic carbocycles. The first-order valence-corrected chi connectivity index (χ1v) is 18.0. The van der Waals surface area contributed by atoms with Crippen molar-refractivity contribution >= 4 is 34.8 Å². The van der Waals surface area contributed by atoms with E-state index >= 15 is 0 Å². The highest BCUT2D eigenvalue weighted by atomic mass is 16.6. The standard InChI is InChI=1S/C39H56N6O9/c1-27(51-19-16-43-37(46)30-4-10-33(40)11-5-30)22-49-25-36(54-24-29(3)53-21-18-45-39(48)32-8-14-35(42)15-9-32)26-50-23-28(2)52-20-17-44-38(47)31-6-12-34(41)13-7-31/h4-15,27-29,36H,16-26,40-42H2,1-3H3,(H,43,46)(H,44,47)(H,45,48). The van der Waals surface area contributed by atoms with Crippen LogP contribution in [-0.2, 0) is 28.4 Å². The number of amides is 3. The Hall–Kier alpha value is -4.77. The zero-order valence-corrected chi connectivity index (χ0v) is 31.4. The van der Waals surface area contributed by atoms with Crippen molar-refractivity contribution < 1.29 is 42.8 Å². The van der Waals surface area contributed by atoms with Crippen molar-refractivity contribution in [3.05, 3.63) is 89.5 Å². The number of anilines is 3. The molecule has 3 unspecified atom stereocenters. The summed E-state index contributed by atoms with van der Waals surface area (Å²) >= 11 is 0. The number of nitrogens with one attached hydrogen (secondary N) is 3. The normalized spacial score (nSPS) is 13.4. The van der Waals surface area contributed by atoms with Crippen molar-refractivity contribution in [1.82, 2.24) is 16.0 Å². The molecule has 0 saturated heterocycles. The molecule has 0 spiro atoms. The summed E-state index contributed by atoms with van der Waals surface area (Å²) in [5.74, 6) is -0.618. The smallest absolute Gasteiger partial charge is 0.251 e. The molecule has 0 heterocycles. The van der Waals surface area contributed by atoms with Gasteiger partial charge in [0.25, 0.3) is 17.7 Å². The molecule has 3 aromatic carbocycles. The van der Waals surface area contributed by atoms with Crippen LogP contribution in [0.1, 0.15) is 51.8 Å². The van der Waals surface area contributed by atoms with Gasteiger partial charge >= 0.3 is 0 Å². The predicted molar refractivity (Wildman–Crippen MR) is 207 cm³/mol. The summed E-state index contributed by atoms with van der Waals surface area (Å²) in [6.45, 7) is 8.91. The van der Waals surface area contributed by atoms with Crippen LogP contribution in [0.2, 0.25) is 0 Å². The Morgan fingerprint density at radius 2 is 0.759 bits per heavy atom. The number of carbonyl (C=O) groups excluding carboxylic acids is 3. The van der Waals surface area contributed by atoms with Crippen molar-refractivity contribution in [3.63, 3.8) is 0 Å². The van der Waals surface area contributed by atoms with E-state index in [1.165, 1.54) is 0 Å². The SMILES string of the molecule is CC(COCC(COCC(C)OCCNC(=O)c1ccc(N)cc1)OCC(C)OCCNC(=O)c1ccc(N)cc1)OCCNC(=O)c1ccc(N)cc1. The van der Waals surface area contributed by atoms with E-state index in [0.29, 0.717) is 86.4 Å². The average molecular weight is 753 g/mol. The lowest BCUT2D eigenvalue weighted by atomic mass is 10.2. The maximum atomic E-state index is 12.3. The van der Waals surface area contributed by atoms with Crippen LogP contribution in [0.5, 0.6) is 0 Å². The Morgan fingerprint density at radius 1 is 0.463 bits per heavy atom. The van der Waals surface area contributed by atoms with Crippen molar-refractivity contribution in [2.75, 3.05) is 89.7 Å². The van der Waals surface area contributed by atoms with E-state index in [1.807, 2.05) is 20.8 Å². The van der Waals surface area contributed by atoms with Gasteiger partial charge < -0.3 is 61.6 Å². The Labute approximate surface area is 317 Å². The van der Waals surface area contributed by atoms with E-state index in [2.05, 4.69) is 16.0 Å². The predicted octanol–water partition coefficient (Wildman–Crippen LogP) is 2.66. The highest BCUT2D eigenvalue weighted by molar-refractivity contribution is 5.95. The molecule has 0 aromatic heterocycles. The van der Waals surface area contributed by atoms with Gasteiger partial charge in [0.05, 0.1) is 71.2 Å². The summed E-state index contributed by atoms with van der Waals surface area (Å²) in [6, 6.07) is 20.1. The molecule has 0 bridgehead atoms. The van der Waals surface area contributed by atoms with Crippen molar-refractivity contribution in [3.8, 4) is 0 Å². The Bertz CT molecular complexity index is 1450. The van der Waals surface area contributed by atoms with E-state index in [-0.39, 0.29) is 55.9 Å². The van der Waals surface area contributed by atoms with Gasteiger partial charge in [0.1, 0.15) is 6.10 Å². The minimum Gasteiger partial charge on any atom is -0.399 e. The molecule has 0 aliphatic rings. The zero-order chi connectivity index (χ0) is 39.1. The average Bonchev–Trinajstić information content (AvgIpc) is 3.16. The van der Waals surface area contributed by atoms with Crippen molar-refractivity contribution in [2.45, 2.75) is 45.2 Å². The second-order valence-electron chi connectivity index (χ2n) is 12.7. The first kappa shape index (κ1) is 43.6. The van der Waals surface area contributed by atoms with Crippen LogP contribution < -0.4 is 33.2 Å². The summed E-state index contributed by atoms with van der Waals surface area (Å²) in [7, 11) is 0. The summed E-state index contributed by atoms with van der Waals surface area (Å²) in [5.41, 5.74) is 20.4. The van der Waals surface area contributed by atoms with Crippen LogP contribution in [-0.4, -0.2) is 115 Å². The summed E-state index contributed by atoms with van der Waals surface area (Å²) in [4.78, 5) is 36.9. The Balaban J connectivity index is 1.35. The van der Waals surface area contributed by atoms with Gasteiger partial charge in [-0.1, -0.05) is 0 Å². The van der Waals surface area contributed by atoms with Gasteiger partial charge in [-0.15, -0.1) is 0 Å². The third kappa shape index (κ3) is 17.8. The lowest BCUT2D eigenvalue weighted by molar-refractivity contribution is -0.107. The second-order valence-corrected chi connectivity index (χ2v) is 12.7. The number of carbonyl (C=O) groups is 3. The van der Waals surface area contributed by atoms with Gasteiger partial charge in [-0.3, -0.25) is 14.4 Å². The highest BCUT2D eigenvalue weighted by Gasteiger charge is 2.16. The molecule has 15 heteroatoms. The molecule has 54 heavy (non-hydrogen) atoms. The van der Waals surface area contributed by atoms with Crippen molar-refractivity contribution in [1.29, 1.82) is 0 Å². The fourth-order valence-corrected chi connectivity index (χ4v) is 4.77. The third-order valence-corrected chi connectivity index (χ3v) is 7.77. The van der Waals surface area contributed by atoms with E-state index in [4.69, 9.17) is 45.6 Å². The molecule has 3 amide bonds. The van der Waals surface area contributed by atoms with Crippen LogP contribution in [0, 0.1) is 0 Å². The van der Waals surface area contributed by atoms with E-state index in [9.17, 15) is 14.4 Å². The number of ether oxygens (including phenoxy) is 6. The van der Waals surface area contributed by atoms with E-state index in [1.54, 1.807) is 72.8 Å². The van der Waals surface area contributed by atoms with Gasteiger partial charge in [-0.05, 0) is 93.6 Å². The number of nitrogens with two attached hydrogens (primary N) is 3. The monoisotopic (exact) mass is 752 g/mol. The van der Waals surface area contributed by atoms with Gasteiger partial charge in [0, 0.05) is 53.4 Å². The lowest BCUT2D eigenvalue weighted by Gasteiger charge is -2.23. The van der Waals surface area contributed by atoms with E-state index in [0.717, 1.165) is 0 Å². The zero-order valence-electron chi connectivity index (χ0n) is 31.4. The van der Waals surface area contributed by atoms with Gasteiger partial charge in [-0.25, -0.2) is 0 Å². The Kier molecular flexibility index (Phi) is 19.8. The summed E-state index contributed by atoms with van der Waals surface area (Å²) < 4.78 is 35.4. The van der Waals surface area contributed by atoms with Crippen molar-refractivity contribution in [2.24, 2.45) is 0 Å². The molecule has 0 fully saturated rings. The van der Waals surface area contributed by atoms with Gasteiger partial charge in [-0.2, -0.15) is 0 Å². The van der Waals surface area contributed by atoms with E-state index < -0.39 is 6.10 Å². The lowest BCUT2D eigenvalue weighted by Crippen LogP contribution is -2.34. The fourth-order valence-electron chi connectivity index (χ4n) is 4.77. The first-order valence-electron chi connectivity index (χ1n) is 18.0. The maximum absolute atomic E-state index is 12.3. The molecule has 296 valence electrons. The second kappa shape index (κ2) is 24.5. The van der Waals surface area contributed by atoms with Gasteiger partial charge in [0.2, 0.25) is 0 Å². The molecular formula is C39H56N6O9. The van der Waals surface area contributed by atoms with Crippen LogP contribution >= 0.6 is 0 Å². The Morgan fingerprint density at radius 3 is 1.07 bits per heavy atom. The number of nitrogen functional groups attached to an aromatic ring is 3. The largest absolute Gasteiger partial charge is 0.399 e. The maximum Gasteiger partial charge on any atom is 0.251 e. The third-order valence-electron chi connectivity index (χ3n) is 7.77. The molecule has 9 N–H and O–H groups in total. The van der Waals surface area contributed by atoms with Crippen LogP contribution in [0.4, 0.5) is 17.1 Å². The quantitative estimate of drug-likeness (QED) is 0.0515. The van der Waals surface area contributed by atoms with Crippen LogP contribution in [0.25, 0.3) is 0 Å². The summed E-state index contributed by atoms with van der Waals surface area (Å²) in [6.07, 6.45) is -1.16. The molecule has 15 nitrogen and oxygen atoms in total. The molecule has 3 atom stereocenters. The number of rotatable bonds is 26. The molecule has 0 radical (unpaired) electrons. The topological polar surface area (TPSA) is 221 Å². The fraction of sp³-hybridized carbons (Fsp3) is 0.462. The molecule has 0 aliphatic heterocycles. The first-order chi connectivity index (χ1) is 26.0. The molecule has 3 aromatic rings. The minimum absolute atomic E-state index is 0.204. The van der Waals surface area contributed by atoms with Crippen LogP contribution in [0.3, 0.4) is 0 Å². The highest BCUT2D eigenvalue weighted by Crippen LogP contribution is 2.08. The number of hydrogen-bond donors (Lipinski definition) is 6.